The molecule has 4 heteroatoms. The van der Waals surface area contributed by atoms with Crippen molar-refractivity contribution in [3.63, 3.8) is 0 Å². The molecule has 0 aliphatic heterocycles. The molecule has 0 radical (unpaired) electrons. The highest BCUT2D eigenvalue weighted by molar-refractivity contribution is 5.93. The molecule has 2 aromatic carbocycles. The van der Waals surface area contributed by atoms with Crippen LogP contribution in [0.2, 0.25) is 0 Å². The molecule has 1 aliphatic carbocycles. The smallest absolute Gasteiger partial charge is 0.309 e. The molecule has 0 spiro atoms. The Bertz CT molecular complexity index is 727. The van der Waals surface area contributed by atoms with Crippen molar-refractivity contribution in [2.75, 3.05) is 11.9 Å². The van der Waals surface area contributed by atoms with E-state index in [-0.39, 0.29) is 24.4 Å². The molecule has 0 saturated heterocycles. The highest BCUT2D eigenvalue weighted by Crippen LogP contribution is 2.38. The topological polar surface area (TPSA) is 55.4 Å². The normalized spacial score (nSPS) is 18.7. The summed E-state index contributed by atoms with van der Waals surface area (Å²) in [5.74, 6) is -0.220. The number of esters is 1. The molecule has 1 amide bonds. The molecule has 24 heavy (non-hydrogen) atoms. The van der Waals surface area contributed by atoms with Crippen LogP contribution < -0.4 is 5.32 Å². The van der Waals surface area contributed by atoms with Crippen molar-refractivity contribution in [1.82, 2.24) is 0 Å². The van der Waals surface area contributed by atoms with E-state index in [0.29, 0.717) is 5.92 Å². The zero-order valence-corrected chi connectivity index (χ0v) is 13.7. The summed E-state index contributed by atoms with van der Waals surface area (Å²) in [5, 5.41) is 2.84. The highest BCUT2D eigenvalue weighted by atomic mass is 16.5. The van der Waals surface area contributed by atoms with Crippen LogP contribution in [0.5, 0.6) is 0 Å². The summed E-state index contributed by atoms with van der Waals surface area (Å²) in [6, 6.07) is 17.7. The Kier molecular flexibility index (Phi) is 4.94. The van der Waals surface area contributed by atoms with Gasteiger partial charge in [-0.2, -0.15) is 0 Å². The number of rotatable bonds is 6. The Hall–Kier alpha value is -2.62. The Morgan fingerprint density at radius 3 is 2.46 bits per heavy atom. The second-order valence-electron chi connectivity index (χ2n) is 6.29. The van der Waals surface area contributed by atoms with E-state index in [9.17, 15) is 9.59 Å². The van der Waals surface area contributed by atoms with Crippen LogP contribution in [0.3, 0.4) is 0 Å². The zero-order valence-electron chi connectivity index (χ0n) is 13.7. The maximum atomic E-state index is 12.1. The summed E-state index contributed by atoms with van der Waals surface area (Å²) in [4.78, 5) is 23.7. The molecule has 1 aliphatic rings. The van der Waals surface area contributed by atoms with Crippen LogP contribution in [-0.2, 0) is 20.7 Å². The molecule has 1 fully saturated rings. The summed E-state index contributed by atoms with van der Waals surface area (Å²) in [7, 11) is 0. The predicted octanol–water partition coefficient (Wildman–Crippen LogP) is 3.42. The van der Waals surface area contributed by atoms with Gasteiger partial charge in [-0.1, -0.05) is 55.5 Å². The fourth-order valence-corrected chi connectivity index (χ4v) is 2.69. The van der Waals surface area contributed by atoms with Gasteiger partial charge >= 0.3 is 5.97 Å². The number of benzene rings is 2. The largest absolute Gasteiger partial charge is 0.455 e. The van der Waals surface area contributed by atoms with Crippen molar-refractivity contribution in [2.45, 2.75) is 19.8 Å². The van der Waals surface area contributed by atoms with Gasteiger partial charge in [0.1, 0.15) is 0 Å². The van der Waals surface area contributed by atoms with E-state index in [0.717, 1.165) is 24.1 Å². The molecule has 1 N–H and O–H groups in total. The van der Waals surface area contributed by atoms with Gasteiger partial charge in [0.25, 0.3) is 5.91 Å². The van der Waals surface area contributed by atoms with Gasteiger partial charge < -0.3 is 10.1 Å². The molecule has 1 saturated carbocycles. The van der Waals surface area contributed by atoms with E-state index < -0.39 is 0 Å². The molecule has 0 heterocycles. The number of amides is 1. The first kappa shape index (κ1) is 16.2. The van der Waals surface area contributed by atoms with E-state index in [4.69, 9.17) is 4.74 Å². The molecular weight excluding hydrogens is 302 g/mol. The summed E-state index contributed by atoms with van der Waals surface area (Å²) >= 11 is 0. The highest BCUT2D eigenvalue weighted by Gasteiger charge is 2.40. The van der Waals surface area contributed by atoms with Gasteiger partial charge in [0.15, 0.2) is 6.61 Å². The quantitative estimate of drug-likeness (QED) is 0.829. The van der Waals surface area contributed by atoms with Gasteiger partial charge in [0.2, 0.25) is 0 Å². The number of nitrogens with one attached hydrogen (secondary N) is 1. The lowest BCUT2D eigenvalue weighted by molar-refractivity contribution is -0.148. The fraction of sp³-hybridized carbons (Fsp3) is 0.300. The third-order valence-corrected chi connectivity index (χ3v) is 4.29. The number of hydrogen-bond acceptors (Lipinski definition) is 3. The molecule has 4 nitrogen and oxygen atoms in total. The van der Waals surface area contributed by atoms with Crippen LogP contribution in [0.25, 0.3) is 0 Å². The average Bonchev–Trinajstić information content (AvgIpc) is 3.32. The second kappa shape index (κ2) is 7.30. The Balaban J connectivity index is 1.58. The fourth-order valence-electron chi connectivity index (χ4n) is 2.69. The Morgan fingerprint density at radius 2 is 1.75 bits per heavy atom. The number of para-hydroxylation sites is 1. The van der Waals surface area contributed by atoms with Gasteiger partial charge in [-0.05, 0) is 36.0 Å². The van der Waals surface area contributed by atoms with Crippen LogP contribution in [0.15, 0.2) is 54.6 Å². The first-order chi connectivity index (χ1) is 11.6. The third kappa shape index (κ3) is 4.22. The van der Waals surface area contributed by atoms with Crippen LogP contribution in [0.4, 0.5) is 5.69 Å². The van der Waals surface area contributed by atoms with Crippen molar-refractivity contribution >= 4 is 17.6 Å². The van der Waals surface area contributed by atoms with Crippen LogP contribution >= 0.6 is 0 Å². The van der Waals surface area contributed by atoms with E-state index >= 15 is 0 Å². The second-order valence-corrected chi connectivity index (χ2v) is 6.29. The van der Waals surface area contributed by atoms with Gasteiger partial charge in [0.05, 0.1) is 5.92 Å². The maximum absolute atomic E-state index is 12.1. The summed E-state index contributed by atoms with van der Waals surface area (Å²) in [6.45, 7) is 1.77. The summed E-state index contributed by atoms with van der Waals surface area (Å²) < 4.78 is 5.08. The molecule has 0 unspecified atom stereocenters. The van der Waals surface area contributed by atoms with Gasteiger partial charge in [0, 0.05) is 5.69 Å². The van der Waals surface area contributed by atoms with Crippen LogP contribution in [-0.4, -0.2) is 18.5 Å². The molecule has 2 aromatic rings. The van der Waals surface area contributed by atoms with Gasteiger partial charge in [-0.3, -0.25) is 9.59 Å². The average molecular weight is 323 g/mol. The minimum atomic E-state index is -0.308. The maximum Gasteiger partial charge on any atom is 0.309 e. The molecule has 0 aromatic heterocycles. The van der Waals surface area contributed by atoms with Crippen molar-refractivity contribution in [1.29, 1.82) is 0 Å². The molecule has 124 valence electrons. The van der Waals surface area contributed by atoms with Crippen molar-refractivity contribution in [3.8, 4) is 0 Å². The first-order valence-electron chi connectivity index (χ1n) is 8.22. The number of hydrogen-bond donors (Lipinski definition) is 1. The van der Waals surface area contributed by atoms with E-state index in [1.54, 1.807) is 0 Å². The van der Waals surface area contributed by atoms with Crippen molar-refractivity contribution in [3.05, 3.63) is 65.7 Å². The standard InChI is InChI=1S/C20H21NO3/c1-14-11-17(14)20(23)24-13-19(22)21-18-10-6-5-9-16(18)12-15-7-3-2-4-8-15/h2-10,14,17H,11-13H2,1H3,(H,21,22)/t14-,17+/m1/s1. The minimum Gasteiger partial charge on any atom is -0.455 e. The number of carbonyl (C=O) groups is 2. The molecule has 3 rings (SSSR count). The number of ether oxygens (including phenoxy) is 1. The molecule has 2 atom stereocenters. The lowest BCUT2D eigenvalue weighted by Gasteiger charge is -2.11. The number of anilines is 1. The third-order valence-electron chi connectivity index (χ3n) is 4.29. The van der Waals surface area contributed by atoms with Crippen molar-refractivity contribution in [2.24, 2.45) is 11.8 Å². The zero-order chi connectivity index (χ0) is 16.9. The van der Waals surface area contributed by atoms with Crippen molar-refractivity contribution < 1.29 is 14.3 Å². The van der Waals surface area contributed by atoms with Gasteiger partial charge in [-0.15, -0.1) is 0 Å². The predicted molar refractivity (Wildman–Crippen MR) is 92.5 cm³/mol. The van der Waals surface area contributed by atoms with Gasteiger partial charge in [-0.25, -0.2) is 0 Å². The molecule has 0 bridgehead atoms. The van der Waals surface area contributed by atoms with E-state index in [1.165, 1.54) is 5.56 Å². The lowest BCUT2D eigenvalue weighted by atomic mass is 10.0. The first-order valence-corrected chi connectivity index (χ1v) is 8.22. The minimum absolute atomic E-state index is 0.0248. The van der Waals surface area contributed by atoms with E-state index in [1.807, 2.05) is 49.4 Å². The molecular formula is C20H21NO3. The number of carbonyl (C=O) groups excluding carboxylic acids is 2. The Labute approximate surface area is 141 Å². The van der Waals surface area contributed by atoms with Crippen LogP contribution in [0.1, 0.15) is 24.5 Å². The van der Waals surface area contributed by atoms with E-state index in [2.05, 4.69) is 17.4 Å². The lowest BCUT2D eigenvalue weighted by Crippen LogP contribution is -2.22. The monoisotopic (exact) mass is 323 g/mol. The van der Waals surface area contributed by atoms with Crippen LogP contribution in [0, 0.1) is 11.8 Å². The summed E-state index contributed by atoms with van der Waals surface area (Å²) in [6.07, 6.45) is 1.59. The SMILES string of the molecule is C[C@@H]1C[C@@H]1C(=O)OCC(=O)Nc1ccccc1Cc1ccccc1. The summed E-state index contributed by atoms with van der Waals surface area (Å²) in [5.41, 5.74) is 2.95. The Morgan fingerprint density at radius 1 is 1.08 bits per heavy atom.